The van der Waals surface area contributed by atoms with Crippen molar-refractivity contribution in [3.8, 4) is 5.75 Å². The lowest BCUT2D eigenvalue weighted by Gasteiger charge is -2.17. The van der Waals surface area contributed by atoms with Gasteiger partial charge in [0.25, 0.3) is 11.8 Å². The molecule has 2 aromatic carbocycles. The van der Waals surface area contributed by atoms with Crippen LogP contribution in [0.5, 0.6) is 5.75 Å². The molecule has 0 radical (unpaired) electrons. The average molecular weight is 396 g/mol. The molecule has 0 aliphatic carbocycles. The molecule has 8 nitrogen and oxygen atoms in total. The number of nitrogens with zero attached hydrogens (tertiary/aromatic N) is 2. The summed E-state index contributed by atoms with van der Waals surface area (Å²) in [5, 5.41) is 5.60. The molecule has 0 bridgehead atoms. The maximum atomic E-state index is 12.6. The van der Waals surface area contributed by atoms with Gasteiger partial charge in [-0.1, -0.05) is 0 Å². The molecule has 0 spiro atoms. The first-order chi connectivity index (χ1) is 13.8. The van der Waals surface area contributed by atoms with Gasteiger partial charge in [0.1, 0.15) is 5.75 Å². The minimum absolute atomic E-state index is 0.0423. The van der Waals surface area contributed by atoms with E-state index in [0.29, 0.717) is 30.1 Å². The second kappa shape index (κ2) is 8.64. The number of urea groups is 1. The van der Waals surface area contributed by atoms with Crippen molar-refractivity contribution in [1.82, 2.24) is 10.2 Å². The molecule has 0 aromatic heterocycles. The number of nitrogens with one attached hydrogen (secondary N) is 2. The molecule has 1 heterocycles. The summed E-state index contributed by atoms with van der Waals surface area (Å²) in [6, 6.07) is 11.9. The van der Waals surface area contributed by atoms with Crippen molar-refractivity contribution in [3.63, 3.8) is 0 Å². The van der Waals surface area contributed by atoms with Crippen LogP contribution >= 0.6 is 0 Å². The quantitative estimate of drug-likeness (QED) is 0.784. The number of ether oxygens (including phenoxy) is 1. The van der Waals surface area contributed by atoms with Crippen molar-refractivity contribution >= 4 is 29.2 Å². The summed E-state index contributed by atoms with van der Waals surface area (Å²) in [4.78, 5) is 39.1. The molecule has 4 amide bonds. The van der Waals surface area contributed by atoms with Gasteiger partial charge in [0.2, 0.25) is 0 Å². The van der Waals surface area contributed by atoms with Crippen LogP contribution in [0.3, 0.4) is 0 Å². The highest BCUT2D eigenvalue weighted by molar-refractivity contribution is 6.05. The van der Waals surface area contributed by atoms with E-state index in [-0.39, 0.29) is 24.5 Å². The Kier molecular flexibility index (Phi) is 6.01. The van der Waals surface area contributed by atoms with Crippen molar-refractivity contribution in [1.29, 1.82) is 0 Å². The smallest absolute Gasteiger partial charge is 0.322 e. The van der Waals surface area contributed by atoms with Gasteiger partial charge in [-0.25, -0.2) is 4.79 Å². The van der Waals surface area contributed by atoms with Crippen molar-refractivity contribution in [2.24, 2.45) is 0 Å². The number of amides is 4. The maximum absolute atomic E-state index is 12.6. The van der Waals surface area contributed by atoms with Gasteiger partial charge in [-0.2, -0.15) is 0 Å². The van der Waals surface area contributed by atoms with Crippen LogP contribution in [0.1, 0.15) is 15.9 Å². The van der Waals surface area contributed by atoms with Crippen LogP contribution in [0, 0.1) is 6.92 Å². The molecule has 3 rings (SSSR count). The zero-order chi connectivity index (χ0) is 21.0. The standard InChI is InChI=1S/C21H24N4O4/c1-14-12-15(4-9-18(14)25-11-10-22-21(25)28)20(27)23-16-5-7-17(8-6-16)29-13-19(26)24(2)3/h4-9,12H,10-11,13H2,1-3H3,(H,22,28)(H,23,27). The number of carbonyl (C=O) groups excluding carboxylic acids is 3. The number of benzene rings is 2. The van der Waals surface area contributed by atoms with Crippen LogP contribution in [-0.2, 0) is 4.79 Å². The topological polar surface area (TPSA) is 91.0 Å². The summed E-state index contributed by atoms with van der Waals surface area (Å²) < 4.78 is 5.42. The van der Waals surface area contributed by atoms with Gasteiger partial charge in [0.05, 0.1) is 0 Å². The first-order valence-electron chi connectivity index (χ1n) is 9.25. The third-order valence-corrected chi connectivity index (χ3v) is 4.58. The van der Waals surface area contributed by atoms with Crippen LogP contribution in [0.15, 0.2) is 42.5 Å². The number of likely N-dealkylation sites (N-methyl/N-ethyl adjacent to an activating group) is 1. The first kappa shape index (κ1) is 20.2. The third kappa shape index (κ3) is 4.84. The van der Waals surface area contributed by atoms with E-state index < -0.39 is 0 Å². The lowest BCUT2D eigenvalue weighted by Crippen LogP contribution is -2.28. The van der Waals surface area contributed by atoms with Gasteiger partial charge in [-0.05, 0) is 55.0 Å². The second-order valence-corrected chi connectivity index (χ2v) is 6.94. The fraction of sp³-hybridized carbons (Fsp3) is 0.286. The fourth-order valence-electron chi connectivity index (χ4n) is 2.91. The summed E-state index contributed by atoms with van der Waals surface area (Å²) in [5.41, 5.74) is 2.76. The van der Waals surface area contributed by atoms with Crippen LogP contribution < -0.4 is 20.3 Å². The first-order valence-corrected chi connectivity index (χ1v) is 9.25. The maximum Gasteiger partial charge on any atom is 0.322 e. The Labute approximate surface area is 169 Å². The van der Waals surface area contributed by atoms with E-state index in [0.717, 1.165) is 11.3 Å². The van der Waals surface area contributed by atoms with Crippen molar-refractivity contribution in [2.45, 2.75) is 6.92 Å². The molecular formula is C21H24N4O4. The molecule has 0 unspecified atom stereocenters. The van der Waals surface area contributed by atoms with E-state index in [2.05, 4.69) is 10.6 Å². The second-order valence-electron chi connectivity index (χ2n) is 6.94. The molecule has 2 N–H and O–H groups in total. The largest absolute Gasteiger partial charge is 0.484 e. The average Bonchev–Trinajstić information content (AvgIpc) is 3.12. The number of anilines is 2. The molecular weight excluding hydrogens is 372 g/mol. The molecule has 1 aliphatic heterocycles. The Bertz CT molecular complexity index is 925. The summed E-state index contributed by atoms with van der Waals surface area (Å²) >= 11 is 0. The van der Waals surface area contributed by atoms with E-state index in [1.54, 1.807) is 61.5 Å². The normalized spacial score (nSPS) is 13.1. The highest BCUT2D eigenvalue weighted by atomic mass is 16.5. The number of aryl methyl sites for hydroxylation is 1. The van der Waals surface area contributed by atoms with Gasteiger partial charge < -0.3 is 20.3 Å². The molecule has 1 saturated heterocycles. The van der Waals surface area contributed by atoms with Crippen molar-refractivity contribution < 1.29 is 19.1 Å². The lowest BCUT2D eigenvalue weighted by atomic mass is 10.1. The highest BCUT2D eigenvalue weighted by Crippen LogP contribution is 2.23. The Morgan fingerprint density at radius 1 is 1.17 bits per heavy atom. The summed E-state index contributed by atoms with van der Waals surface area (Å²) in [7, 11) is 3.33. The van der Waals surface area contributed by atoms with Crippen LogP contribution in [-0.4, -0.2) is 56.5 Å². The molecule has 0 saturated carbocycles. The lowest BCUT2D eigenvalue weighted by molar-refractivity contribution is -0.130. The van der Waals surface area contributed by atoms with E-state index >= 15 is 0 Å². The van der Waals surface area contributed by atoms with Crippen LogP contribution in [0.25, 0.3) is 0 Å². The molecule has 152 valence electrons. The number of hydrogen-bond donors (Lipinski definition) is 2. The number of rotatable bonds is 6. The van der Waals surface area contributed by atoms with Crippen molar-refractivity contribution in [2.75, 3.05) is 44.0 Å². The van der Waals surface area contributed by atoms with Gasteiger partial charge in [-0.3, -0.25) is 14.5 Å². The predicted molar refractivity (Wildman–Crippen MR) is 111 cm³/mol. The Balaban J connectivity index is 1.62. The predicted octanol–water partition coefficient (Wildman–Crippen LogP) is 2.24. The minimum atomic E-state index is -0.248. The van der Waals surface area contributed by atoms with E-state index in [1.807, 2.05) is 6.92 Å². The fourth-order valence-corrected chi connectivity index (χ4v) is 2.91. The van der Waals surface area contributed by atoms with Crippen molar-refractivity contribution in [3.05, 3.63) is 53.6 Å². The number of carbonyl (C=O) groups is 3. The van der Waals surface area contributed by atoms with Gasteiger partial charge >= 0.3 is 6.03 Å². The van der Waals surface area contributed by atoms with Gasteiger partial charge in [0, 0.05) is 44.1 Å². The van der Waals surface area contributed by atoms with E-state index in [4.69, 9.17) is 4.74 Å². The molecule has 0 atom stereocenters. The zero-order valence-electron chi connectivity index (χ0n) is 16.7. The Morgan fingerprint density at radius 3 is 2.48 bits per heavy atom. The van der Waals surface area contributed by atoms with E-state index in [9.17, 15) is 14.4 Å². The summed E-state index contributed by atoms with van der Waals surface area (Å²) in [6.45, 7) is 3.06. The molecule has 29 heavy (non-hydrogen) atoms. The molecule has 1 fully saturated rings. The minimum Gasteiger partial charge on any atom is -0.484 e. The molecule has 1 aliphatic rings. The Hall–Kier alpha value is -3.55. The van der Waals surface area contributed by atoms with Gasteiger partial charge in [0.15, 0.2) is 6.61 Å². The van der Waals surface area contributed by atoms with Crippen LogP contribution in [0.4, 0.5) is 16.2 Å². The molecule has 2 aromatic rings. The molecule has 8 heteroatoms. The Morgan fingerprint density at radius 2 is 1.90 bits per heavy atom. The summed E-state index contributed by atoms with van der Waals surface area (Å²) in [5.74, 6) is 0.164. The van der Waals surface area contributed by atoms with Gasteiger partial charge in [-0.15, -0.1) is 0 Å². The highest BCUT2D eigenvalue weighted by Gasteiger charge is 2.23. The van der Waals surface area contributed by atoms with Crippen LogP contribution in [0.2, 0.25) is 0 Å². The monoisotopic (exact) mass is 396 g/mol. The third-order valence-electron chi connectivity index (χ3n) is 4.58. The summed E-state index contributed by atoms with van der Waals surface area (Å²) in [6.07, 6.45) is 0. The number of hydrogen-bond acceptors (Lipinski definition) is 4. The zero-order valence-corrected chi connectivity index (χ0v) is 16.7. The van der Waals surface area contributed by atoms with E-state index in [1.165, 1.54) is 4.90 Å². The SMILES string of the molecule is Cc1cc(C(=O)Nc2ccc(OCC(=O)N(C)C)cc2)ccc1N1CCNC1=O.